The molecule has 0 saturated heterocycles. The Bertz CT molecular complexity index is 809. The molecule has 0 aliphatic rings. The van der Waals surface area contributed by atoms with Gasteiger partial charge in [0.2, 0.25) is 0 Å². The highest BCUT2D eigenvalue weighted by Crippen LogP contribution is 2.17. The average Bonchev–Trinajstić information content (AvgIpc) is 3.11. The molecule has 308 valence electrons. The van der Waals surface area contributed by atoms with Crippen LogP contribution in [0.4, 0.5) is 0 Å². The van der Waals surface area contributed by atoms with Gasteiger partial charge in [0, 0.05) is 19.3 Å². The van der Waals surface area contributed by atoms with Gasteiger partial charge in [-0.2, -0.15) is 0 Å². The second-order valence-electron chi connectivity index (χ2n) is 16.9. The van der Waals surface area contributed by atoms with E-state index in [0.717, 1.165) is 75.5 Å². The normalized spacial score (nSPS) is 12.7. The fraction of sp³-hybridized carbons (Fsp3) is 0.935. The van der Waals surface area contributed by atoms with Crippen LogP contribution in [0, 0.1) is 17.8 Å². The highest BCUT2D eigenvalue weighted by atomic mass is 16.6. The summed E-state index contributed by atoms with van der Waals surface area (Å²) in [6.45, 7) is 13.6. The zero-order valence-electron chi connectivity index (χ0n) is 35.6. The van der Waals surface area contributed by atoms with Crippen LogP contribution in [0.15, 0.2) is 0 Å². The van der Waals surface area contributed by atoms with Crippen LogP contribution >= 0.6 is 0 Å². The molecule has 0 aliphatic heterocycles. The highest BCUT2D eigenvalue weighted by Gasteiger charge is 2.19. The third kappa shape index (κ3) is 38.1. The predicted molar refractivity (Wildman–Crippen MR) is 219 cm³/mol. The number of hydrogen-bond acceptors (Lipinski definition) is 6. The van der Waals surface area contributed by atoms with Crippen LogP contribution < -0.4 is 0 Å². The molecule has 0 aromatic carbocycles. The minimum absolute atomic E-state index is 0.0671. The van der Waals surface area contributed by atoms with E-state index >= 15 is 0 Å². The maximum absolute atomic E-state index is 12.7. The first-order valence-corrected chi connectivity index (χ1v) is 22.6. The smallest absolute Gasteiger partial charge is 0.306 e. The summed E-state index contributed by atoms with van der Waals surface area (Å²) in [5, 5.41) is 0. The van der Waals surface area contributed by atoms with Gasteiger partial charge in [0.15, 0.2) is 6.10 Å². The summed E-state index contributed by atoms with van der Waals surface area (Å²) in [6.07, 6.45) is 33.8. The van der Waals surface area contributed by atoms with Crippen molar-refractivity contribution in [3.05, 3.63) is 0 Å². The maximum atomic E-state index is 12.7. The lowest BCUT2D eigenvalue weighted by Crippen LogP contribution is -2.30. The molecule has 0 aliphatic carbocycles. The first-order valence-electron chi connectivity index (χ1n) is 22.6. The molecule has 1 unspecified atom stereocenters. The summed E-state index contributed by atoms with van der Waals surface area (Å²) in [7, 11) is 0. The fourth-order valence-electron chi connectivity index (χ4n) is 6.67. The molecule has 52 heavy (non-hydrogen) atoms. The van der Waals surface area contributed by atoms with Crippen molar-refractivity contribution in [1.82, 2.24) is 0 Å². The Kier molecular flexibility index (Phi) is 36.6. The Morgan fingerprint density at radius 1 is 0.385 bits per heavy atom. The van der Waals surface area contributed by atoms with Gasteiger partial charge in [-0.1, -0.05) is 202 Å². The van der Waals surface area contributed by atoms with E-state index in [1.54, 1.807) is 0 Å². The Morgan fingerprint density at radius 2 is 0.673 bits per heavy atom. The number of ether oxygens (including phenoxy) is 3. The third-order valence-electron chi connectivity index (χ3n) is 10.5. The van der Waals surface area contributed by atoms with Crippen molar-refractivity contribution in [2.24, 2.45) is 17.8 Å². The Labute approximate surface area is 323 Å². The second kappa shape index (κ2) is 37.7. The molecule has 0 amide bonds. The lowest BCUT2D eigenvalue weighted by Gasteiger charge is -2.18. The van der Waals surface area contributed by atoms with Gasteiger partial charge in [0.05, 0.1) is 0 Å². The first kappa shape index (κ1) is 50.4. The van der Waals surface area contributed by atoms with Crippen LogP contribution in [0.3, 0.4) is 0 Å². The molecule has 0 N–H and O–H groups in total. The number of hydrogen-bond donors (Lipinski definition) is 0. The number of carbonyl (C=O) groups excluding carboxylic acids is 3. The van der Waals surface area contributed by atoms with E-state index in [0.29, 0.717) is 19.3 Å². The van der Waals surface area contributed by atoms with Crippen molar-refractivity contribution in [2.75, 3.05) is 13.2 Å². The number of unbranched alkanes of at least 4 members (excludes halogenated alkanes) is 21. The summed E-state index contributed by atoms with van der Waals surface area (Å²) < 4.78 is 16.7. The van der Waals surface area contributed by atoms with Crippen molar-refractivity contribution in [1.29, 1.82) is 0 Å². The van der Waals surface area contributed by atoms with Gasteiger partial charge in [-0.3, -0.25) is 14.4 Å². The number of rotatable bonds is 39. The Hall–Kier alpha value is -1.59. The summed E-state index contributed by atoms with van der Waals surface area (Å²) in [4.78, 5) is 37.7. The van der Waals surface area contributed by atoms with Crippen LogP contribution in [-0.2, 0) is 28.6 Å². The Morgan fingerprint density at radius 3 is 1.00 bits per heavy atom. The minimum Gasteiger partial charge on any atom is -0.462 e. The molecule has 6 heteroatoms. The van der Waals surface area contributed by atoms with Crippen LogP contribution in [0.1, 0.15) is 241 Å². The molecule has 0 fully saturated rings. The second-order valence-corrected chi connectivity index (χ2v) is 16.9. The van der Waals surface area contributed by atoms with Gasteiger partial charge in [-0.25, -0.2) is 0 Å². The summed E-state index contributed by atoms with van der Waals surface area (Å²) in [6, 6.07) is 0. The molecule has 2 atom stereocenters. The van der Waals surface area contributed by atoms with Crippen molar-refractivity contribution < 1.29 is 28.6 Å². The van der Waals surface area contributed by atoms with Crippen LogP contribution in [0.2, 0.25) is 0 Å². The molecule has 0 spiro atoms. The first-order chi connectivity index (χ1) is 25.1. The van der Waals surface area contributed by atoms with Gasteiger partial charge in [-0.05, 0) is 37.0 Å². The largest absolute Gasteiger partial charge is 0.462 e. The average molecular weight is 737 g/mol. The molecule has 0 heterocycles. The molecule has 0 aromatic heterocycles. The quantitative estimate of drug-likeness (QED) is 0.0355. The molecule has 0 radical (unpaired) electrons. The SMILES string of the molecule is CCC(C)CCCCCCCCC(=O)OC[C@H](COC(=O)CCCCCCCCCCC(C)C)OC(=O)CCCCCCCCCCCCC(C)C. The monoisotopic (exact) mass is 737 g/mol. The number of esters is 3. The van der Waals surface area contributed by atoms with Crippen molar-refractivity contribution >= 4 is 17.9 Å². The van der Waals surface area contributed by atoms with Crippen molar-refractivity contribution in [3.8, 4) is 0 Å². The summed E-state index contributed by atoms with van der Waals surface area (Å²) in [5.41, 5.74) is 0. The van der Waals surface area contributed by atoms with Gasteiger partial charge >= 0.3 is 17.9 Å². The van der Waals surface area contributed by atoms with Gasteiger partial charge in [0.1, 0.15) is 13.2 Å². The molecule has 0 rings (SSSR count). The molecule has 0 bridgehead atoms. The van der Waals surface area contributed by atoms with Crippen molar-refractivity contribution in [3.63, 3.8) is 0 Å². The fourth-order valence-corrected chi connectivity index (χ4v) is 6.67. The van der Waals surface area contributed by atoms with E-state index in [2.05, 4.69) is 41.5 Å². The molecule has 0 aromatic rings. The van der Waals surface area contributed by atoms with Gasteiger partial charge < -0.3 is 14.2 Å². The predicted octanol–water partition coefficient (Wildman–Crippen LogP) is 14.0. The van der Waals surface area contributed by atoms with Crippen LogP contribution in [0.5, 0.6) is 0 Å². The van der Waals surface area contributed by atoms with E-state index < -0.39 is 6.10 Å². The van der Waals surface area contributed by atoms with Gasteiger partial charge in [-0.15, -0.1) is 0 Å². The van der Waals surface area contributed by atoms with E-state index in [9.17, 15) is 14.4 Å². The van der Waals surface area contributed by atoms with Crippen molar-refractivity contribution in [2.45, 2.75) is 247 Å². The molecule has 0 saturated carbocycles. The van der Waals surface area contributed by atoms with Gasteiger partial charge in [0.25, 0.3) is 0 Å². The third-order valence-corrected chi connectivity index (χ3v) is 10.5. The van der Waals surface area contributed by atoms with E-state index in [-0.39, 0.29) is 31.1 Å². The summed E-state index contributed by atoms with van der Waals surface area (Å²) in [5.74, 6) is 1.56. The maximum Gasteiger partial charge on any atom is 0.306 e. The zero-order valence-corrected chi connectivity index (χ0v) is 35.6. The highest BCUT2D eigenvalue weighted by molar-refractivity contribution is 5.71. The van der Waals surface area contributed by atoms with E-state index in [4.69, 9.17) is 14.2 Å². The summed E-state index contributed by atoms with van der Waals surface area (Å²) >= 11 is 0. The number of carbonyl (C=O) groups is 3. The lowest BCUT2D eigenvalue weighted by molar-refractivity contribution is -0.167. The molecular weight excluding hydrogens is 648 g/mol. The lowest BCUT2D eigenvalue weighted by atomic mass is 10.00. The topological polar surface area (TPSA) is 78.9 Å². The molecule has 6 nitrogen and oxygen atoms in total. The van der Waals surface area contributed by atoms with E-state index in [1.807, 2.05) is 0 Å². The Balaban J connectivity index is 4.36. The van der Waals surface area contributed by atoms with Crippen LogP contribution in [0.25, 0.3) is 0 Å². The minimum atomic E-state index is -0.762. The van der Waals surface area contributed by atoms with E-state index in [1.165, 1.54) is 122 Å². The standard InChI is InChI=1S/C46H88O6/c1-7-42(6)34-28-22-18-19-24-30-36-45(48)51-39-43(38-50-44(47)35-29-23-16-13-12-15-21-27-33-41(4)5)52-46(49)37-31-25-17-11-9-8-10-14-20-26-32-40(2)3/h40-43H,7-39H2,1-6H3/t42?,43-/m0/s1. The van der Waals surface area contributed by atoms with Crippen LogP contribution in [-0.4, -0.2) is 37.2 Å². The molecular formula is C46H88O6. The zero-order chi connectivity index (χ0) is 38.5.